The van der Waals surface area contributed by atoms with Gasteiger partial charge >= 0.3 is 0 Å². The van der Waals surface area contributed by atoms with Crippen molar-refractivity contribution in [3.63, 3.8) is 0 Å². The van der Waals surface area contributed by atoms with Crippen LogP contribution in [0.4, 0.5) is 0 Å². The Kier molecular flexibility index (Phi) is 3.59. The van der Waals surface area contributed by atoms with Crippen LogP contribution in [0.15, 0.2) is 29.1 Å². The fourth-order valence-electron chi connectivity index (χ4n) is 1.52. The predicted octanol–water partition coefficient (Wildman–Crippen LogP) is 3.38. The molecule has 84 valence electrons. The number of rotatable bonds is 3. The van der Waals surface area contributed by atoms with Crippen LogP contribution in [0.5, 0.6) is 0 Å². The van der Waals surface area contributed by atoms with E-state index >= 15 is 0 Å². The number of aromatic nitrogens is 1. The highest BCUT2D eigenvalue weighted by Gasteiger charge is 2.12. The molecule has 0 spiro atoms. The van der Waals surface area contributed by atoms with E-state index in [1.165, 1.54) is 11.3 Å². The van der Waals surface area contributed by atoms with Gasteiger partial charge in [0.05, 0.1) is 11.2 Å². The van der Waals surface area contributed by atoms with Gasteiger partial charge in [0.1, 0.15) is 6.10 Å². The Labute approximate surface area is 104 Å². The third-order valence-corrected chi connectivity index (χ3v) is 3.37. The summed E-state index contributed by atoms with van der Waals surface area (Å²) in [4.78, 5) is 4.08. The predicted molar refractivity (Wildman–Crippen MR) is 67.0 cm³/mol. The van der Waals surface area contributed by atoms with Crippen LogP contribution in [0, 0.1) is 6.92 Å². The third kappa shape index (κ3) is 2.61. The van der Waals surface area contributed by atoms with Gasteiger partial charge in [0.15, 0.2) is 0 Å². The lowest BCUT2D eigenvalue weighted by Crippen LogP contribution is -2.02. The van der Waals surface area contributed by atoms with E-state index < -0.39 is 6.10 Å². The van der Waals surface area contributed by atoms with E-state index in [2.05, 4.69) is 4.98 Å². The molecule has 1 aromatic heterocycles. The number of thiazole rings is 1. The first-order chi connectivity index (χ1) is 7.66. The van der Waals surface area contributed by atoms with Gasteiger partial charge in [-0.3, -0.25) is 0 Å². The summed E-state index contributed by atoms with van der Waals surface area (Å²) in [7, 11) is 0. The van der Waals surface area contributed by atoms with Crippen LogP contribution in [-0.4, -0.2) is 10.1 Å². The van der Waals surface area contributed by atoms with Crippen molar-refractivity contribution in [1.82, 2.24) is 4.98 Å². The summed E-state index contributed by atoms with van der Waals surface area (Å²) < 4.78 is 0. The number of aliphatic hydroxyl groups is 1. The van der Waals surface area contributed by atoms with E-state index in [4.69, 9.17) is 11.6 Å². The van der Waals surface area contributed by atoms with Gasteiger partial charge in [-0.15, -0.1) is 11.3 Å². The average Bonchev–Trinajstić information content (AvgIpc) is 2.75. The molecule has 1 unspecified atom stereocenters. The first kappa shape index (κ1) is 11.6. The molecule has 1 aromatic carbocycles. The summed E-state index contributed by atoms with van der Waals surface area (Å²) in [5, 5.41) is 12.5. The summed E-state index contributed by atoms with van der Waals surface area (Å²) in [5.41, 5.74) is 4.50. The number of aliphatic hydroxyl groups excluding tert-OH is 1. The number of halogens is 1. The fourth-order valence-corrected chi connectivity index (χ4v) is 2.43. The number of nitrogens with zero attached hydrogens (tertiary/aromatic N) is 1. The van der Waals surface area contributed by atoms with Gasteiger partial charge in [0.2, 0.25) is 0 Å². The second kappa shape index (κ2) is 4.95. The molecule has 2 rings (SSSR count). The molecule has 1 heterocycles. The lowest BCUT2D eigenvalue weighted by molar-refractivity contribution is 0.174. The van der Waals surface area contributed by atoms with Gasteiger partial charge in [-0.25, -0.2) is 4.98 Å². The van der Waals surface area contributed by atoms with E-state index in [1.54, 1.807) is 5.51 Å². The molecule has 2 nitrogen and oxygen atoms in total. The van der Waals surface area contributed by atoms with Crippen molar-refractivity contribution in [2.45, 2.75) is 19.4 Å². The smallest absolute Gasteiger partial charge is 0.101 e. The maximum absolute atomic E-state index is 9.94. The highest BCUT2D eigenvalue weighted by molar-refractivity contribution is 7.07. The van der Waals surface area contributed by atoms with E-state index in [0.717, 1.165) is 11.1 Å². The summed E-state index contributed by atoms with van der Waals surface area (Å²) in [6.45, 7) is 1.99. The maximum Gasteiger partial charge on any atom is 0.101 e. The number of hydrogen-bond acceptors (Lipinski definition) is 3. The largest absolute Gasteiger partial charge is 0.386 e. The minimum atomic E-state index is -0.577. The zero-order chi connectivity index (χ0) is 11.5. The highest BCUT2D eigenvalue weighted by Crippen LogP contribution is 2.24. The van der Waals surface area contributed by atoms with Crippen molar-refractivity contribution in [2.75, 3.05) is 0 Å². The molecule has 0 aliphatic heterocycles. The van der Waals surface area contributed by atoms with Crippen molar-refractivity contribution in [3.05, 3.63) is 50.9 Å². The Bertz CT molecular complexity index is 470. The maximum atomic E-state index is 9.94. The minimum Gasteiger partial charge on any atom is -0.386 e. The quantitative estimate of drug-likeness (QED) is 0.910. The Hall–Kier alpha value is -0.900. The minimum absolute atomic E-state index is 0.503. The SMILES string of the molecule is Cc1ccc(CC(O)c2cscn2)c(Cl)c1. The van der Waals surface area contributed by atoms with Gasteiger partial charge in [-0.2, -0.15) is 0 Å². The van der Waals surface area contributed by atoms with Crippen molar-refractivity contribution >= 4 is 22.9 Å². The van der Waals surface area contributed by atoms with Crippen molar-refractivity contribution in [3.8, 4) is 0 Å². The third-order valence-electron chi connectivity index (χ3n) is 2.41. The van der Waals surface area contributed by atoms with E-state index in [1.807, 2.05) is 30.5 Å². The second-order valence-electron chi connectivity index (χ2n) is 3.73. The standard InChI is InChI=1S/C12H12ClNOS/c1-8-2-3-9(10(13)4-8)5-12(15)11-6-16-7-14-11/h2-4,6-7,12,15H,5H2,1H3. The number of aryl methyl sites for hydroxylation is 1. The van der Waals surface area contributed by atoms with Crippen LogP contribution < -0.4 is 0 Å². The average molecular weight is 254 g/mol. The molecular weight excluding hydrogens is 242 g/mol. The molecule has 0 aliphatic rings. The van der Waals surface area contributed by atoms with Crippen LogP contribution in [-0.2, 0) is 6.42 Å². The lowest BCUT2D eigenvalue weighted by atomic mass is 10.0. The molecule has 0 saturated carbocycles. The normalized spacial score (nSPS) is 12.7. The molecule has 1 N–H and O–H groups in total. The molecule has 16 heavy (non-hydrogen) atoms. The van der Waals surface area contributed by atoms with Crippen molar-refractivity contribution in [2.24, 2.45) is 0 Å². The molecule has 0 amide bonds. The Morgan fingerprint density at radius 1 is 1.50 bits per heavy atom. The number of benzene rings is 1. The summed E-state index contributed by atoms with van der Waals surface area (Å²) in [6.07, 6.45) is -0.0745. The molecule has 1 atom stereocenters. The first-order valence-corrected chi connectivity index (χ1v) is 6.30. The monoisotopic (exact) mass is 253 g/mol. The molecule has 0 saturated heterocycles. The van der Waals surface area contributed by atoms with Gasteiger partial charge in [0, 0.05) is 16.8 Å². The molecule has 0 radical (unpaired) electrons. The zero-order valence-corrected chi connectivity index (χ0v) is 10.4. The van der Waals surface area contributed by atoms with E-state index in [9.17, 15) is 5.11 Å². The highest BCUT2D eigenvalue weighted by atomic mass is 35.5. The molecule has 0 fully saturated rings. The van der Waals surface area contributed by atoms with Crippen LogP contribution in [0.2, 0.25) is 5.02 Å². The molecule has 0 aliphatic carbocycles. The van der Waals surface area contributed by atoms with Crippen molar-refractivity contribution < 1.29 is 5.11 Å². The fraction of sp³-hybridized carbons (Fsp3) is 0.250. The molecule has 2 aromatic rings. The van der Waals surface area contributed by atoms with Crippen LogP contribution in [0.3, 0.4) is 0 Å². The van der Waals surface area contributed by atoms with Gasteiger partial charge in [-0.05, 0) is 24.1 Å². The lowest BCUT2D eigenvalue weighted by Gasteiger charge is -2.09. The van der Waals surface area contributed by atoms with Crippen LogP contribution in [0.1, 0.15) is 22.9 Å². The van der Waals surface area contributed by atoms with Gasteiger partial charge in [-0.1, -0.05) is 23.7 Å². The summed E-state index contributed by atoms with van der Waals surface area (Å²) in [5.74, 6) is 0. The van der Waals surface area contributed by atoms with Gasteiger partial charge < -0.3 is 5.11 Å². The Morgan fingerprint density at radius 2 is 2.31 bits per heavy atom. The van der Waals surface area contributed by atoms with Crippen LogP contribution >= 0.6 is 22.9 Å². The summed E-state index contributed by atoms with van der Waals surface area (Å²) >= 11 is 7.59. The summed E-state index contributed by atoms with van der Waals surface area (Å²) in [6, 6.07) is 5.85. The topological polar surface area (TPSA) is 33.1 Å². The molecule has 4 heteroatoms. The Morgan fingerprint density at radius 3 is 2.94 bits per heavy atom. The van der Waals surface area contributed by atoms with E-state index in [0.29, 0.717) is 17.1 Å². The number of hydrogen-bond donors (Lipinski definition) is 1. The molecule has 0 bridgehead atoms. The molecular formula is C12H12ClNOS. The Balaban J connectivity index is 2.15. The zero-order valence-electron chi connectivity index (χ0n) is 8.85. The van der Waals surface area contributed by atoms with Crippen LogP contribution in [0.25, 0.3) is 0 Å². The second-order valence-corrected chi connectivity index (χ2v) is 4.85. The first-order valence-electron chi connectivity index (χ1n) is 4.98. The van der Waals surface area contributed by atoms with Crippen molar-refractivity contribution in [1.29, 1.82) is 0 Å². The van der Waals surface area contributed by atoms with Gasteiger partial charge in [0.25, 0.3) is 0 Å². The van der Waals surface area contributed by atoms with E-state index in [-0.39, 0.29) is 0 Å².